The maximum atomic E-state index is 14.7. The van der Waals surface area contributed by atoms with Gasteiger partial charge in [0.15, 0.2) is 0 Å². The fourth-order valence-corrected chi connectivity index (χ4v) is 6.88. The predicted octanol–water partition coefficient (Wildman–Crippen LogP) is 7.08. The van der Waals surface area contributed by atoms with Crippen molar-refractivity contribution in [1.29, 1.82) is 0 Å². The van der Waals surface area contributed by atoms with E-state index in [9.17, 15) is 14.7 Å². The van der Waals surface area contributed by atoms with Gasteiger partial charge in [0.25, 0.3) is 0 Å². The van der Waals surface area contributed by atoms with Crippen LogP contribution in [0, 0.1) is 20.8 Å². The van der Waals surface area contributed by atoms with Crippen molar-refractivity contribution in [1.82, 2.24) is 4.98 Å². The summed E-state index contributed by atoms with van der Waals surface area (Å²) in [5.74, 6) is 0.277. The molecule has 2 aromatic carbocycles. The minimum Gasteiger partial charge on any atom is -0.449 e. The van der Waals surface area contributed by atoms with E-state index in [4.69, 9.17) is 16.3 Å². The molecule has 8 nitrogen and oxygen atoms in total. The van der Waals surface area contributed by atoms with Crippen LogP contribution in [0.5, 0.6) is 5.75 Å². The van der Waals surface area contributed by atoms with Gasteiger partial charge in [0.1, 0.15) is 17.8 Å². The van der Waals surface area contributed by atoms with Crippen molar-refractivity contribution in [3.05, 3.63) is 81.6 Å². The zero-order valence-electron chi connectivity index (χ0n) is 24.4. The highest BCUT2D eigenvalue weighted by Crippen LogP contribution is 2.45. The second-order valence-corrected chi connectivity index (χ2v) is 11.9. The van der Waals surface area contributed by atoms with E-state index in [1.54, 1.807) is 11.0 Å². The van der Waals surface area contributed by atoms with E-state index < -0.39 is 6.16 Å². The summed E-state index contributed by atoms with van der Waals surface area (Å²) in [6, 6.07) is 15.3. The van der Waals surface area contributed by atoms with E-state index >= 15 is 0 Å². The number of pyridine rings is 1. The van der Waals surface area contributed by atoms with Gasteiger partial charge in [-0.1, -0.05) is 23.7 Å². The number of carbonyl (C=O) groups excluding carboxylic acids is 1. The third kappa shape index (κ3) is 5.63. The number of fused-ring (bicyclic) bond motifs is 1. The Labute approximate surface area is 246 Å². The molecule has 2 aliphatic rings. The molecule has 1 aliphatic heterocycles. The highest BCUT2D eigenvalue weighted by Gasteiger charge is 2.52. The van der Waals surface area contributed by atoms with Gasteiger partial charge in [-0.05, 0) is 74.7 Å². The zero-order valence-corrected chi connectivity index (χ0v) is 25.1. The molecule has 2 atom stereocenters. The quantitative estimate of drug-likeness (QED) is 0.198. The molecule has 3 aromatic rings. The molecule has 1 fully saturated rings. The number of urea groups is 1. The molecule has 9 heteroatoms. The number of ether oxygens (including phenoxy) is 1. The fraction of sp³-hybridized carbons (Fsp3) is 0.406. The molecule has 0 spiro atoms. The normalized spacial score (nSPS) is 18.5. The Morgan fingerprint density at radius 2 is 1.71 bits per heavy atom. The number of quaternary nitrogens is 1. The molecule has 2 unspecified atom stereocenters. The van der Waals surface area contributed by atoms with Crippen LogP contribution in [0.2, 0.25) is 5.02 Å². The van der Waals surface area contributed by atoms with E-state index in [0.29, 0.717) is 5.02 Å². The molecule has 0 saturated carbocycles. The van der Waals surface area contributed by atoms with E-state index in [0.717, 1.165) is 72.5 Å². The molecule has 5 rings (SSSR count). The van der Waals surface area contributed by atoms with Gasteiger partial charge in [0.2, 0.25) is 0 Å². The molecule has 1 aromatic heterocycles. The van der Waals surface area contributed by atoms with E-state index in [-0.39, 0.29) is 28.3 Å². The zero-order chi connectivity index (χ0) is 29.5. The second kappa shape index (κ2) is 11.3. The smallest absolute Gasteiger partial charge is 0.449 e. The Morgan fingerprint density at radius 3 is 2.34 bits per heavy atom. The number of amides is 2. The van der Waals surface area contributed by atoms with Crippen LogP contribution < -0.4 is 14.5 Å². The average Bonchev–Trinajstić information content (AvgIpc) is 3.36. The minimum absolute atomic E-state index is 0.0126. The summed E-state index contributed by atoms with van der Waals surface area (Å²) in [5.41, 5.74) is 6.98. The van der Waals surface area contributed by atoms with Gasteiger partial charge in [-0.25, -0.2) is 14.1 Å². The Balaban J connectivity index is 1.50. The lowest BCUT2D eigenvalue weighted by molar-refractivity contribution is -0.887. The molecule has 1 aliphatic carbocycles. The molecular weight excluding hydrogens is 540 g/mol. The van der Waals surface area contributed by atoms with Crippen molar-refractivity contribution in [2.45, 2.75) is 58.5 Å². The summed E-state index contributed by atoms with van der Waals surface area (Å²) in [7, 11) is 3.87. The molecule has 216 valence electrons. The predicted molar refractivity (Wildman–Crippen MR) is 161 cm³/mol. The van der Waals surface area contributed by atoms with Crippen molar-refractivity contribution in [2.24, 2.45) is 0 Å². The lowest BCUT2D eigenvalue weighted by Crippen LogP contribution is -2.64. The number of carboxylic acid groups (broad SMARTS) is 1. The first-order valence-corrected chi connectivity index (χ1v) is 14.5. The van der Waals surface area contributed by atoms with Gasteiger partial charge in [0.05, 0.1) is 12.7 Å². The number of aromatic nitrogens is 1. The number of benzene rings is 2. The summed E-state index contributed by atoms with van der Waals surface area (Å²) in [6.45, 7) is 7.64. The van der Waals surface area contributed by atoms with Crippen molar-refractivity contribution in [2.75, 3.05) is 37.0 Å². The molecule has 41 heavy (non-hydrogen) atoms. The van der Waals surface area contributed by atoms with E-state index in [2.05, 4.69) is 29.1 Å². The topological polar surface area (TPSA) is 83.0 Å². The number of nitrogens with zero attached hydrogens (tertiary/aromatic N) is 4. The Morgan fingerprint density at radius 1 is 1.02 bits per heavy atom. The lowest BCUT2D eigenvalue weighted by atomic mass is 9.95. The van der Waals surface area contributed by atoms with Crippen molar-refractivity contribution >= 4 is 35.2 Å². The number of hydrogen-bond acceptors (Lipinski definition) is 5. The highest BCUT2D eigenvalue weighted by molar-refractivity contribution is 6.31. The van der Waals surface area contributed by atoms with Crippen LogP contribution in [0.3, 0.4) is 0 Å². The molecule has 0 radical (unpaired) electrons. The van der Waals surface area contributed by atoms with Crippen LogP contribution in [0.4, 0.5) is 21.0 Å². The molecule has 2 heterocycles. The third-order valence-corrected chi connectivity index (χ3v) is 9.32. The Bertz CT molecular complexity index is 1470. The number of anilines is 2. The second-order valence-electron chi connectivity index (χ2n) is 11.5. The van der Waals surface area contributed by atoms with Crippen molar-refractivity contribution in [3.8, 4) is 5.75 Å². The van der Waals surface area contributed by atoms with Crippen LogP contribution in [0.25, 0.3) is 0 Å². The first-order valence-electron chi connectivity index (χ1n) is 14.1. The number of carbonyl (C=O) groups is 2. The van der Waals surface area contributed by atoms with Gasteiger partial charge in [-0.3, -0.25) is 9.88 Å². The Hall–Kier alpha value is -3.62. The van der Waals surface area contributed by atoms with E-state index in [1.165, 1.54) is 5.69 Å². The molecule has 1 saturated heterocycles. The number of piperidine rings is 1. The van der Waals surface area contributed by atoms with Gasteiger partial charge in [-0.15, -0.1) is 0 Å². The maximum Gasteiger partial charge on any atom is 0.511 e. The summed E-state index contributed by atoms with van der Waals surface area (Å²) < 4.78 is 5.21. The third-order valence-electron chi connectivity index (χ3n) is 8.91. The van der Waals surface area contributed by atoms with Crippen LogP contribution in [-0.4, -0.2) is 60.0 Å². The van der Waals surface area contributed by atoms with Crippen LogP contribution in [0.15, 0.2) is 48.5 Å². The monoisotopic (exact) mass is 577 g/mol. The van der Waals surface area contributed by atoms with Gasteiger partial charge >= 0.3 is 12.2 Å². The largest absolute Gasteiger partial charge is 0.511 e. The fourth-order valence-electron chi connectivity index (χ4n) is 6.70. The van der Waals surface area contributed by atoms with Gasteiger partial charge < -0.3 is 14.7 Å². The number of aryl methyl sites for hydroxylation is 4. The van der Waals surface area contributed by atoms with Crippen LogP contribution in [-0.2, 0) is 6.42 Å². The first-order chi connectivity index (χ1) is 19.5. The van der Waals surface area contributed by atoms with Gasteiger partial charge in [-0.2, -0.15) is 0 Å². The van der Waals surface area contributed by atoms with Gasteiger partial charge in [0, 0.05) is 67.1 Å². The van der Waals surface area contributed by atoms with Crippen LogP contribution >= 0.6 is 11.6 Å². The SMILES string of the molecule is Cc1cc(N2CCC([N+](C)(C(=O)N(C)c3ccc(C)c(Cl)c3)C3CCc4ccc(OC(=O)O)cc43)CC2)cc(C)n1. The van der Waals surface area contributed by atoms with Crippen molar-refractivity contribution in [3.63, 3.8) is 0 Å². The van der Waals surface area contributed by atoms with Crippen molar-refractivity contribution < 1.29 is 23.9 Å². The molecule has 2 amide bonds. The number of hydrogen-bond donors (Lipinski definition) is 1. The summed E-state index contributed by atoms with van der Waals surface area (Å²) in [4.78, 5) is 34.6. The van der Waals surface area contributed by atoms with E-state index in [1.807, 2.05) is 58.2 Å². The molecule has 1 N–H and O–H groups in total. The molecular formula is C32H38ClN4O4+. The Kier molecular flexibility index (Phi) is 7.99. The summed E-state index contributed by atoms with van der Waals surface area (Å²) in [6.07, 6.45) is 1.94. The highest BCUT2D eigenvalue weighted by atomic mass is 35.5. The summed E-state index contributed by atoms with van der Waals surface area (Å²) >= 11 is 6.46. The maximum absolute atomic E-state index is 14.7. The summed E-state index contributed by atoms with van der Waals surface area (Å²) in [5, 5.41) is 9.84. The number of rotatable bonds is 5. The standard InChI is InChI=1S/C32H37ClN4O4/c1-20-6-9-24(18-29(20)33)35(4)31(38)37(5,30-11-8-23-7-10-27(19-28(23)30)41-32(39)40)26-12-14-36(15-13-26)25-16-21(2)34-22(3)17-25/h6-7,9-10,16-19,26,30H,8,11-15H2,1-5H3/p+1. The number of halogens is 1. The molecule has 0 bridgehead atoms. The minimum atomic E-state index is -1.35. The average molecular weight is 578 g/mol. The first kappa shape index (κ1) is 28.9. The lowest BCUT2D eigenvalue weighted by Gasteiger charge is -2.48. The van der Waals surface area contributed by atoms with Crippen LogP contribution in [0.1, 0.15) is 53.4 Å².